The van der Waals surface area contributed by atoms with Crippen molar-refractivity contribution in [3.63, 3.8) is 0 Å². The predicted octanol–water partition coefficient (Wildman–Crippen LogP) is 5.29. The molecule has 24 heavy (non-hydrogen) atoms. The van der Waals surface area contributed by atoms with Crippen LogP contribution >= 0.6 is 27.5 Å². The number of alkyl halides is 3. The second-order valence-electron chi connectivity index (χ2n) is 4.47. The topological polar surface area (TPSA) is 52.3 Å². The number of hydrogen-bond donors (Lipinski definition) is 1. The Morgan fingerprint density at radius 3 is 2.38 bits per heavy atom. The Morgan fingerprint density at radius 2 is 1.83 bits per heavy atom. The molecule has 2 N–H and O–H groups in total. The lowest BCUT2D eigenvalue weighted by molar-refractivity contribution is -0.140. The van der Waals surface area contributed by atoms with Crippen molar-refractivity contribution in [2.75, 3.05) is 0 Å². The fraction of sp³-hybridized carbons (Fsp3) is 0.0714. The van der Waals surface area contributed by atoms with Gasteiger partial charge >= 0.3 is 6.18 Å². The molecule has 10 heteroatoms. The lowest BCUT2D eigenvalue weighted by Crippen LogP contribution is -2.12. The Hall–Kier alpha value is -1.87. The highest BCUT2D eigenvalue weighted by Crippen LogP contribution is 2.41. The van der Waals surface area contributed by atoms with Crippen LogP contribution in [0.25, 0.3) is 0 Å². The SMILES string of the molecule is NC(=O)c1cc(Oc2cc(F)c(C(F)(F)F)c(Cl)c2F)ccc1Br. The van der Waals surface area contributed by atoms with Crippen LogP contribution in [0, 0.1) is 11.6 Å². The van der Waals surface area contributed by atoms with E-state index in [2.05, 4.69) is 15.9 Å². The molecule has 0 aromatic heterocycles. The van der Waals surface area contributed by atoms with Gasteiger partial charge in [0.05, 0.1) is 10.6 Å². The van der Waals surface area contributed by atoms with Gasteiger partial charge in [-0.1, -0.05) is 11.6 Å². The minimum Gasteiger partial charge on any atom is -0.454 e. The van der Waals surface area contributed by atoms with Crippen molar-refractivity contribution in [3.05, 3.63) is 56.5 Å². The number of benzene rings is 2. The van der Waals surface area contributed by atoms with Crippen LogP contribution in [0.15, 0.2) is 28.7 Å². The number of amides is 1. The summed E-state index contributed by atoms with van der Waals surface area (Å²) in [5.41, 5.74) is 3.17. The first-order valence-corrected chi connectivity index (χ1v) is 7.21. The Balaban J connectivity index is 2.49. The lowest BCUT2D eigenvalue weighted by Gasteiger charge is -2.14. The minimum absolute atomic E-state index is 0.0219. The van der Waals surface area contributed by atoms with Crippen LogP contribution in [-0.2, 0) is 6.18 Å². The van der Waals surface area contributed by atoms with Crippen molar-refractivity contribution >= 4 is 33.4 Å². The van der Waals surface area contributed by atoms with Gasteiger partial charge in [-0.25, -0.2) is 8.78 Å². The van der Waals surface area contributed by atoms with E-state index in [9.17, 15) is 26.7 Å². The standard InChI is InChI=1S/C14H6BrClF5NO2/c15-7-2-1-5(3-6(7)13(22)23)24-9-4-8(17)10(14(19,20)21)11(16)12(9)18/h1-4H,(H2,22,23). The molecule has 0 aliphatic rings. The molecular weight excluding hydrogens is 425 g/mol. The third-order valence-electron chi connectivity index (χ3n) is 2.84. The van der Waals surface area contributed by atoms with Crippen molar-refractivity contribution in [1.29, 1.82) is 0 Å². The highest BCUT2D eigenvalue weighted by Gasteiger charge is 2.39. The molecule has 0 atom stereocenters. The van der Waals surface area contributed by atoms with E-state index < -0.39 is 40.1 Å². The molecule has 128 valence electrons. The van der Waals surface area contributed by atoms with Crippen molar-refractivity contribution in [2.24, 2.45) is 5.73 Å². The maximum absolute atomic E-state index is 14.0. The molecule has 0 aliphatic carbocycles. The Kier molecular flexibility index (Phi) is 5.05. The molecule has 0 heterocycles. The van der Waals surface area contributed by atoms with Crippen LogP contribution in [0.4, 0.5) is 22.0 Å². The summed E-state index contributed by atoms with van der Waals surface area (Å²) >= 11 is 8.31. The summed E-state index contributed by atoms with van der Waals surface area (Å²) in [5, 5.41) is -1.45. The molecule has 0 fully saturated rings. The number of rotatable bonds is 3. The smallest absolute Gasteiger partial charge is 0.420 e. The zero-order chi connectivity index (χ0) is 18.2. The quantitative estimate of drug-likeness (QED) is 0.531. The van der Waals surface area contributed by atoms with Crippen molar-refractivity contribution < 1.29 is 31.5 Å². The first-order chi connectivity index (χ1) is 11.0. The van der Waals surface area contributed by atoms with E-state index in [0.717, 1.165) is 6.07 Å². The molecule has 2 aromatic rings. The fourth-order valence-corrected chi connectivity index (χ4v) is 2.52. The van der Waals surface area contributed by atoms with Crippen LogP contribution in [0.2, 0.25) is 5.02 Å². The Labute approximate surface area is 145 Å². The van der Waals surface area contributed by atoms with E-state index in [1.165, 1.54) is 12.1 Å². The average Bonchev–Trinajstić information content (AvgIpc) is 2.44. The minimum atomic E-state index is -5.17. The number of primary amides is 1. The third-order valence-corrected chi connectivity index (χ3v) is 3.89. The van der Waals surface area contributed by atoms with Gasteiger partial charge in [0.25, 0.3) is 0 Å². The molecule has 0 unspecified atom stereocenters. The highest BCUT2D eigenvalue weighted by atomic mass is 79.9. The molecule has 2 rings (SSSR count). The van der Waals surface area contributed by atoms with Gasteiger partial charge in [0.15, 0.2) is 11.6 Å². The third kappa shape index (κ3) is 3.62. The molecule has 0 spiro atoms. The van der Waals surface area contributed by atoms with Crippen LogP contribution in [0.5, 0.6) is 11.5 Å². The maximum atomic E-state index is 14.0. The van der Waals surface area contributed by atoms with Gasteiger partial charge in [0, 0.05) is 10.5 Å². The molecule has 0 radical (unpaired) electrons. The van der Waals surface area contributed by atoms with Gasteiger partial charge in [-0.15, -0.1) is 0 Å². The molecule has 0 saturated carbocycles. The van der Waals surface area contributed by atoms with Crippen molar-refractivity contribution in [2.45, 2.75) is 6.18 Å². The molecule has 2 aromatic carbocycles. The van der Waals surface area contributed by atoms with E-state index in [1.54, 1.807) is 0 Å². The summed E-state index contributed by atoms with van der Waals surface area (Å²) in [6, 6.07) is 3.93. The van der Waals surface area contributed by atoms with Crippen LogP contribution in [-0.4, -0.2) is 5.91 Å². The molecule has 3 nitrogen and oxygen atoms in total. The van der Waals surface area contributed by atoms with Crippen LogP contribution in [0.3, 0.4) is 0 Å². The number of hydrogen-bond acceptors (Lipinski definition) is 2. The molecule has 0 aliphatic heterocycles. The summed E-state index contributed by atoms with van der Waals surface area (Å²) in [5.74, 6) is -5.24. The Morgan fingerprint density at radius 1 is 1.21 bits per heavy atom. The van der Waals surface area contributed by atoms with Crippen LogP contribution < -0.4 is 10.5 Å². The summed E-state index contributed by atoms with van der Waals surface area (Å²) in [4.78, 5) is 11.2. The van der Waals surface area contributed by atoms with Crippen LogP contribution in [0.1, 0.15) is 15.9 Å². The van der Waals surface area contributed by atoms with Gasteiger partial charge < -0.3 is 10.5 Å². The number of halogens is 7. The maximum Gasteiger partial charge on any atom is 0.420 e. The number of nitrogens with two attached hydrogens (primary N) is 1. The summed E-state index contributed by atoms with van der Waals surface area (Å²) < 4.78 is 70.8. The second-order valence-corrected chi connectivity index (χ2v) is 5.70. The van der Waals surface area contributed by atoms with E-state index >= 15 is 0 Å². The molecular formula is C14H6BrClF5NO2. The normalized spacial score (nSPS) is 11.5. The lowest BCUT2D eigenvalue weighted by atomic mass is 10.1. The number of ether oxygens (including phenoxy) is 1. The zero-order valence-corrected chi connectivity index (χ0v) is 13.7. The first kappa shape index (κ1) is 18.5. The fourth-order valence-electron chi connectivity index (χ4n) is 1.79. The van der Waals surface area contributed by atoms with E-state index in [0.29, 0.717) is 4.47 Å². The zero-order valence-electron chi connectivity index (χ0n) is 11.3. The largest absolute Gasteiger partial charge is 0.454 e. The number of carbonyl (C=O) groups excluding carboxylic acids is 1. The molecule has 1 amide bonds. The summed E-state index contributed by atoms with van der Waals surface area (Å²) in [6.07, 6.45) is -5.17. The van der Waals surface area contributed by atoms with Gasteiger partial charge in [-0.05, 0) is 34.1 Å². The Bertz CT molecular complexity index is 826. The van der Waals surface area contributed by atoms with E-state index in [4.69, 9.17) is 22.1 Å². The van der Waals surface area contributed by atoms with Crippen molar-refractivity contribution in [3.8, 4) is 11.5 Å². The predicted molar refractivity (Wildman–Crippen MR) is 79.1 cm³/mol. The van der Waals surface area contributed by atoms with E-state index in [1.807, 2.05) is 0 Å². The number of carbonyl (C=O) groups is 1. The molecule has 0 saturated heterocycles. The van der Waals surface area contributed by atoms with E-state index in [-0.39, 0.29) is 17.4 Å². The second kappa shape index (κ2) is 6.56. The monoisotopic (exact) mass is 429 g/mol. The van der Waals surface area contributed by atoms with Gasteiger partial charge in [0.1, 0.15) is 17.1 Å². The first-order valence-electron chi connectivity index (χ1n) is 6.04. The van der Waals surface area contributed by atoms with Gasteiger partial charge in [-0.3, -0.25) is 4.79 Å². The summed E-state index contributed by atoms with van der Waals surface area (Å²) in [7, 11) is 0. The average molecular weight is 431 g/mol. The van der Waals surface area contributed by atoms with Gasteiger partial charge in [-0.2, -0.15) is 13.2 Å². The summed E-state index contributed by atoms with van der Waals surface area (Å²) in [6.45, 7) is 0. The van der Waals surface area contributed by atoms with Crippen molar-refractivity contribution in [1.82, 2.24) is 0 Å². The highest BCUT2D eigenvalue weighted by molar-refractivity contribution is 9.10. The molecule has 0 bridgehead atoms. The van der Waals surface area contributed by atoms with Gasteiger partial charge in [0.2, 0.25) is 5.91 Å².